The number of hydrogen-bond acceptors (Lipinski definition) is 2. The molecule has 2 heteroatoms. The largest absolute Gasteiger partial charge is 0.497 e. The van der Waals surface area contributed by atoms with Crippen molar-refractivity contribution < 1.29 is 4.74 Å². The van der Waals surface area contributed by atoms with Gasteiger partial charge in [-0.05, 0) is 54.3 Å². The third kappa shape index (κ3) is 4.26. The van der Waals surface area contributed by atoms with Gasteiger partial charge in [-0.1, -0.05) is 42.2 Å². The lowest BCUT2D eigenvalue weighted by Gasteiger charge is -1.98. The maximum Gasteiger partial charge on any atom is 0.120 e. The van der Waals surface area contributed by atoms with E-state index >= 15 is 0 Å². The van der Waals surface area contributed by atoms with E-state index in [1.54, 1.807) is 7.11 Å². The molecule has 0 amide bonds. The predicted molar refractivity (Wildman–Crippen MR) is 95.6 cm³/mol. The lowest BCUT2D eigenvalue weighted by Crippen LogP contribution is -1.87. The molecular formula is C22H15NO. The third-order valence-corrected chi connectivity index (χ3v) is 3.26. The third-order valence-electron chi connectivity index (χ3n) is 3.26. The molecule has 0 saturated carbocycles. The van der Waals surface area contributed by atoms with Crippen LogP contribution in [-0.2, 0) is 0 Å². The van der Waals surface area contributed by atoms with Crippen LogP contribution in [0.1, 0.15) is 22.5 Å². The topological polar surface area (TPSA) is 22.1 Å². The Morgan fingerprint density at radius 2 is 1.29 bits per heavy atom. The van der Waals surface area contributed by atoms with E-state index in [4.69, 9.17) is 4.74 Å². The zero-order valence-corrected chi connectivity index (χ0v) is 13.3. The second kappa shape index (κ2) is 7.68. The Kier molecular flexibility index (Phi) is 4.93. The summed E-state index contributed by atoms with van der Waals surface area (Å²) in [5.74, 6) is 13.1. The normalized spacial score (nSPS) is 9.21. The highest BCUT2D eigenvalue weighted by Gasteiger charge is 1.94. The molecule has 0 fully saturated rings. The number of rotatable bonds is 1. The number of ether oxygens (including phenoxy) is 1. The fourth-order valence-corrected chi connectivity index (χ4v) is 2.07. The molecule has 114 valence electrons. The first-order chi connectivity index (χ1) is 11.8. The van der Waals surface area contributed by atoms with Gasteiger partial charge in [-0.2, -0.15) is 0 Å². The monoisotopic (exact) mass is 309 g/mol. The highest BCUT2D eigenvalue weighted by atomic mass is 16.5. The second-order valence-corrected chi connectivity index (χ2v) is 5.01. The maximum atomic E-state index is 5.20. The van der Waals surface area contributed by atoms with E-state index in [0.29, 0.717) is 11.4 Å². The minimum atomic E-state index is 0.692. The Labute approximate surface area is 142 Å². The number of nitrogens with zero attached hydrogens (tertiary/aromatic N) is 1. The molecule has 0 bridgehead atoms. The highest BCUT2D eigenvalue weighted by molar-refractivity contribution is 5.45. The van der Waals surface area contributed by atoms with Crippen molar-refractivity contribution in [2.75, 3.05) is 7.11 Å². The molecule has 0 aliphatic rings. The van der Waals surface area contributed by atoms with Crippen LogP contribution in [0.5, 0.6) is 5.75 Å². The molecule has 0 spiro atoms. The number of methoxy groups -OCH3 is 1. The standard InChI is InChI=1S/C22H15NO/c1-24-22-12-5-9-19(17-22)14-16-21-11-6-10-20(23-21)15-13-18-7-3-2-4-8-18/h2-12,17H,1H3. The zero-order chi connectivity index (χ0) is 16.6. The summed E-state index contributed by atoms with van der Waals surface area (Å²) in [5, 5.41) is 0. The molecule has 24 heavy (non-hydrogen) atoms. The fourth-order valence-electron chi connectivity index (χ4n) is 2.07. The molecule has 0 aliphatic heterocycles. The van der Waals surface area contributed by atoms with Crippen LogP contribution >= 0.6 is 0 Å². The molecule has 2 aromatic carbocycles. The van der Waals surface area contributed by atoms with Crippen molar-refractivity contribution in [2.24, 2.45) is 0 Å². The average Bonchev–Trinajstić information content (AvgIpc) is 2.66. The van der Waals surface area contributed by atoms with Gasteiger partial charge in [0.2, 0.25) is 0 Å². The van der Waals surface area contributed by atoms with Crippen LogP contribution in [0, 0.1) is 23.7 Å². The van der Waals surface area contributed by atoms with Crippen molar-refractivity contribution in [3.8, 4) is 29.4 Å². The molecule has 3 aromatic rings. The molecule has 0 aliphatic carbocycles. The first-order valence-electron chi connectivity index (χ1n) is 7.54. The summed E-state index contributed by atoms with van der Waals surface area (Å²) in [4.78, 5) is 4.47. The van der Waals surface area contributed by atoms with Crippen molar-refractivity contribution in [3.63, 3.8) is 0 Å². The Morgan fingerprint density at radius 3 is 2.00 bits per heavy atom. The van der Waals surface area contributed by atoms with E-state index in [-0.39, 0.29) is 0 Å². The van der Waals surface area contributed by atoms with Gasteiger partial charge in [0.25, 0.3) is 0 Å². The van der Waals surface area contributed by atoms with Gasteiger partial charge in [0, 0.05) is 11.1 Å². The van der Waals surface area contributed by atoms with Crippen LogP contribution < -0.4 is 4.74 Å². The van der Waals surface area contributed by atoms with Crippen LogP contribution in [0.3, 0.4) is 0 Å². The van der Waals surface area contributed by atoms with Gasteiger partial charge in [0.05, 0.1) is 7.11 Å². The summed E-state index contributed by atoms with van der Waals surface area (Å²) in [6.07, 6.45) is 0. The van der Waals surface area contributed by atoms with E-state index in [1.165, 1.54) is 0 Å². The van der Waals surface area contributed by atoms with Crippen molar-refractivity contribution in [3.05, 3.63) is 95.3 Å². The SMILES string of the molecule is COc1cccc(C#Cc2cccc(C#Cc3ccccc3)n2)c1. The van der Waals surface area contributed by atoms with Crippen LogP contribution in [0.2, 0.25) is 0 Å². The lowest BCUT2D eigenvalue weighted by molar-refractivity contribution is 0.414. The van der Waals surface area contributed by atoms with Crippen molar-refractivity contribution in [2.45, 2.75) is 0 Å². The maximum absolute atomic E-state index is 5.20. The molecule has 0 N–H and O–H groups in total. The van der Waals surface area contributed by atoms with Gasteiger partial charge in [-0.25, -0.2) is 4.98 Å². The molecule has 1 aromatic heterocycles. The minimum Gasteiger partial charge on any atom is -0.497 e. The van der Waals surface area contributed by atoms with Crippen LogP contribution in [0.4, 0.5) is 0 Å². The predicted octanol–water partition coefficient (Wildman–Crippen LogP) is 3.89. The summed E-state index contributed by atoms with van der Waals surface area (Å²) in [6.45, 7) is 0. The van der Waals surface area contributed by atoms with Crippen molar-refractivity contribution in [1.29, 1.82) is 0 Å². The summed E-state index contributed by atoms with van der Waals surface area (Å²) in [7, 11) is 1.64. The Morgan fingerprint density at radius 1 is 0.667 bits per heavy atom. The highest BCUT2D eigenvalue weighted by Crippen LogP contribution is 2.11. The van der Waals surface area contributed by atoms with Crippen molar-refractivity contribution >= 4 is 0 Å². The second-order valence-electron chi connectivity index (χ2n) is 5.01. The summed E-state index contributed by atoms with van der Waals surface area (Å²) in [6, 6.07) is 23.2. The molecule has 1 heterocycles. The smallest absolute Gasteiger partial charge is 0.120 e. The van der Waals surface area contributed by atoms with E-state index in [0.717, 1.165) is 16.9 Å². The zero-order valence-electron chi connectivity index (χ0n) is 13.3. The van der Waals surface area contributed by atoms with Gasteiger partial charge in [0.15, 0.2) is 0 Å². The summed E-state index contributed by atoms with van der Waals surface area (Å²) >= 11 is 0. The van der Waals surface area contributed by atoms with Gasteiger partial charge in [-0.3, -0.25) is 0 Å². The Hall–Kier alpha value is -3.49. The molecular weight excluding hydrogens is 294 g/mol. The lowest BCUT2D eigenvalue weighted by atomic mass is 10.2. The number of hydrogen-bond donors (Lipinski definition) is 0. The van der Waals surface area contributed by atoms with Gasteiger partial charge in [-0.15, -0.1) is 0 Å². The molecule has 0 unspecified atom stereocenters. The average molecular weight is 309 g/mol. The molecule has 3 rings (SSSR count). The van der Waals surface area contributed by atoms with E-state index in [2.05, 4.69) is 28.7 Å². The molecule has 0 saturated heterocycles. The first-order valence-corrected chi connectivity index (χ1v) is 7.54. The molecule has 0 atom stereocenters. The first kappa shape index (κ1) is 15.4. The van der Waals surface area contributed by atoms with Gasteiger partial charge >= 0.3 is 0 Å². The minimum absolute atomic E-state index is 0.692. The number of aromatic nitrogens is 1. The molecule has 2 nitrogen and oxygen atoms in total. The van der Waals surface area contributed by atoms with Gasteiger partial charge < -0.3 is 4.74 Å². The summed E-state index contributed by atoms with van der Waals surface area (Å²) in [5.41, 5.74) is 3.25. The fraction of sp³-hybridized carbons (Fsp3) is 0.0455. The Balaban J connectivity index is 1.82. The van der Waals surface area contributed by atoms with Gasteiger partial charge in [0.1, 0.15) is 17.1 Å². The molecule has 0 radical (unpaired) electrons. The van der Waals surface area contributed by atoms with Crippen LogP contribution in [-0.4, -0.2) is 12.1 Å². The number of pyridine rings is 1. The quantitative estimate of drug-likeness (QED) is 0.636. The summed E-state index contributed by atoms with van der Waals surface area (Å²) < 4.78 is 5.20. The van der Waals surface area contributed by atoms with E-state index < -0.39 is 0 Å². The van der Waals surface area contributed by atoms with E-state index in [1.807, 2.05) is 72.8 Å². The van der Waals surface area contributed by atoms with E-state index in [9.17, 15) is 0 Å². The van der Waals surface area contributed by atoms with Crippen LogP contribution in [0.25, 0.3) is 0 Å². The Bertz CT molecular complexity index is 953. The number of benzene rings is 2. The van der Waals surface area contributed by atoms with Crippen LogP contribution in [0.15, 0.2) is 72.8 Å². The van der Waals surface area contributed by atoms with Crippen molar-refractivity contribution in [1.82, 2.24) is 4.98 Å².